The van der Waals surface area contributed by atoms with Crippen molar-refractivity contribution in [2.45, 2.75) is 13.3 Å². The van der Waals surface area contributed by atoms with Crippen LogP contribution in [0.1, 0.15) is 13.3 Å². The van der Waals surface area contributed by atoms with Gasteiger partial charge >= 0.3 is 0 Å². The van der Waals surface area contributed by atoms with Crippen LogP contribution in [0.4, 0.5) is 15.8 Å². The Morgan fingerprint density at radius 1 is 1.00 bits per heavy atom. The fraction of sp³-hybridized carbons (Fsp3) is 0.333. The first-order valence-electron chi connectivity index (χ1n) is 8.20. The predicted octanol–water partition coefficient (Wildman–Crippen LogP) is 4.13. The summed E-state index contributed by atoms with van der Waals surface area (Å²) >= 11 is 0. The minimum atomic E-state index is -0.570. The molecular formula is C18H19FN2O6. The summed E-state index contributed by atoms with van der Waals surface area (Å²) in [5.41, 5.74) is 0.109. The third kappa shape index (κ3) is 5.71. The molecule has 0 amide bonds. The molecule has 1 saturated heterocycles. The molecule has 1 aliphatic heterocycles. The molecule has 9 heteroatoms. The maximum absolute atomic E-state index is 12.1. The SMILES string of the molecule is CCC1(COc2ccc([N+](=O)[O-])cc2)COC1.O=[N+]([O-])c1ccc(F)cc1. The summed E-state index contributed by atoms with van der Waals surface area (Å²) in [4.78, 5) is 19.5. The zero-order valence-electron chi connectivity index (χ0n) is 14.7. The van der Waals surface area contributed by atoms with E-state index in [0.717, 1.165) is 43.9 Å². The lowest BCUT2D eigenvalue weighted by atomic mass is 9.84. The van der Waals surface area contributed by atoms with Crippen LogP contribution in [-0.2, 0) is 4.74 Å². The zero-order valence-corrected chi connectivity index (χ0v) is 14.7. The monoisotopic (exact) mass is 378 g/mol. The van der Waals surface area contributed by atoms with Crippen molar-refractivity contribution in [1.82, 2.24) is 0 Å². The van der Waals surface area contributed by atoms with E-state index in [0.29, 0.717) is 12.4 Å². The Labute approximate surface area is 154 Å². The first-order chi connectivity index (χ1) is 12.8. The number of rotatable bonds is 6. The molecule has 1 fully saturated rings. The van der Waals surface area contributed by atoms with Crippen molar-refractivity contribution in [3.8, 4) is 5.75 Å². The van der Waals surface area contributed by atoms with Crippen molar-refractivity contribution in [1.29, 1.82) is 0 Å². The summed E-state index contributed by atoms with van der Waals surface area (Å²) in [7, 11) is 0. The molecule has 2 aromatic rings. The number of hydrogen-bond donors (Lipinski definition) is 0. The summed E-state index contributed by atoms with van der Waals surface area (Å²) in [5.74, 6) is 0.195. The Morgan fingerprint density at radius 3 is 1.85 bits per heavy atom. The summed E-state index contributed by atoms with van der Waals surface area (Å²) in [6.07, 6.45) is 1.01. The van der Waals surface area contributed by atoms with Crippen LogP contribution >= 0.6 is 0 Å². The van der Waals surface area contributed by atoms with Crippen molar-refractivity contribution >= 4 is 11.4 Å². The van der Waals surface area contributed by atoms with Crippen LogP contribution in [0.3, 0.4) is 0 Å². The molecule has 0 N–H and O–H groups in total. The van der Waals surface area contributed by atoms with Gasteiger partial charge in [-0.05, 0) is 30.7 Å². The molecule has 0 aromatic heterocycles. The van der Waals surface area contributed by atoms with Crippen molar-refractivity contribution in [2.24, 2.45) is 5.41 Å². The highest BCUT2D eigenvalue weighted by molar-refractivity contribution is 5.36. The predicted molar refractivity (Wildman–Crippen MR) is 95.2 cm³/mol. The van der Waals surface area contributed by atoms with Gasteiger partial charge in [-0.2, -0.15) is 0 Å². The van der Waals surface area contributed by atoms with Crippen LogP contribution in [-0.4, -0.2) is 29.7 Å². The highest BCUT2D eigenvalue weighted by Crippen LogP contribution is 2.32. The first kappa shape index (κ1) is 20.2. The van der Waals surface area contributed by atoms with E-state index in [-0.39, 0.29) is 16.8 Å². The van der Waals surface area contributed by atoms with Crippen LogP contribution in [0, 0.1) is 31.5 Å². The average Bonchev–Trinajstić information content (AvgIpc) is 2.62. The van der Waals surface area contributed by atoms with Gasteiger partial charge in [0.05, 0.1) is 35.1 Å². The molecule has 0 unspecified atom stereocenters. The molecule has 3 rings (SSSR count). The van der Waals surface area contributed by atoms with Crippen molar-refractivity contribution < 1.29 is 23.7 Å². The highest BCUT2D eigenvalue weighted by Gasteiger charge is 2.37. The number of nitro groups is 2. The van der Waals surface area contributed by atoms with E-state index in [1.165, 1.54) is 12.1 Å². The van der Waals surface area contributed by atoms with Crippen LogP contribution in [0.2, 0.25) is 0 Å². The number of ether oxygens (including phenoxy) is 2. The first-order valence-corrected chi connectivity index (χ1v) is 8.20. The fourth-order valence-electron chi connectivity index (χ4n) is 2.24. The van der Waals surface area contributed by atoms with Crippen LogP contribution in [0.15, 0.2) is 48.5 Å². The lowest BCUT2D eigenvalue weighted by Crippen LogP contribution is -2.46. The second-order valence-electron chi connectivity index (χ2n) is 6.12. The van der Waals surface area contributed by atoms with Gasteiger partial charge in [-0.25, -0.2) is 4.39 Å². The number of benzene rings is 2. The van der Waals surface area contributed by atoms with Gasteiger partial charge in [0, 0.05) is 24.3 Å². The molecule has 0 spiro atoms. The molecule has 2 aromatic carbocycles. The van der Waals surface area contributed by atoms with Gasteiger partial charge in [-0.1, -0.05) is 6.92 Å². The second kappa shape index (κ2) is 9.04. The van der Waals surface area contributed by atoms with Gasteiger partial charge in [0.1, 0.15) is 11.6 Å². The zero-order chi connectivity index (χ0) is 19.9. The number of nitrogens with zero attached hydrogens (tertiary/aromatic N) is 2. The number of nitro benzene ring substituents is 2. The third-order valence-electron chi connectivity index (χ3n) is 4.20. The Balaban J connectivity index is 0.000000223. The van der Waals surface area contributed by atoms with Gasteiger partial charge in [0.15, 0.2) is 0 Å². The molecule has 0 saturated carbocycles. The highest BCUT2D eigenvalue weighted by atomic mass is 19.1. The van der Waals surface area contributed by atoms with E-state index < -0.39 is 15.7 Å². The maximum Gasteiger partial charge on any atom is 0.269 e. The Bertz CT molecular complexity index is 770. The van der Waals surface area contributed by atoms with Crippen molar-refractivity contribution in [3.63, 3.8) is 0 Å². The van der Waals surface area contributed by atoms with Crippen LogP contribution in [0.5, 0.6) is 5.75 Å². The largest absolute Gasteiger partial charge is 0.493 e. The Hall–Kier alpha value is -3.07. The number of halogens is 1. The van der Waals surface area contributed by atoms with E-state index >= 15 is 0 Å². The van der Waals surface area contributed by atoms with Crippen LogP contribution < -0.4 is 4.74 Å². The quantitative estimate of drug-likeness (QED) is 0.553. The van der Waals surface area contributed by atoms with E-state index in [2.05, 4.69) is 6.92 Å². The van der Waals surface area contributed by atoms with Crippen molar-refractivity contribution in [3.05, 3.63) is 74.6 Å². The van der Waals surface area contributed by atoms with Crippen LogP contribution in [0.25, 0.3) is 0 Å². The topological polar surface area (TPSA) is 105 Å². The maximum atomic E-state index is 12.1. The summed E-state index contributed by atoms with van der Waals surface area (Å²) < 4.78 is 23.0. The van der Waals surface area contributed by atoms with Crippen molar-refractivity contribution in [2.75, 3.05) is 19.8 Å². The molecule has 1 heterocycles. The van der Waals surface area contributed by atoms with Gasteiger partial charge in [-0.15, -0.1) is 0 Å². The number of non-ortho nitro benzene ring substituents is 2. The molecule has 8 nitrogen and oxygen atoms in total. The summed E-state index contributed by atoms with van der Waals surface area (Å²) in [6, 6.07) is 10.5. The van der Waals surface area contributed by atoms with Gasteiger partial charge < -0.3 is 9.47 Å². The van der Waals surface area contributed by atoms with E-state index in [9.17, 15) is 24.6 Å². The van der Waals surface area contributed by atoms with E-state index in [1.807, 2.05) is 0 Å². The van der Waals surface area contributed by atoms with Gasteiger partial charge in [-0.3, -0.25) is 20.2 Å². The molecule has 0 aliphatic carbocycles. The average molecular weight is 378 g/mol. The van der Waals surface area contributed by atoms with E-state index in [4.69, 9.17) is 9.47 Å². The number of hydrogen-bond acceptors (Lipinski definition) is 6. The summed E-state index contributed by atoms with van der Waals surface area (Å²) in [6.45, 7) is 4.18. The van der Waals surface area contributed by atoms with Gasteiger partial charge in [0.25, 0.3) is 11.4 Å². The minimum Gasteiger partial charge on any atom is -0.493 e. The molecule has 0 atom stereocenters. The van der Waals surface area contributed by atoms with E-state index in [1.54, 1.807) is 12.1 Å². The lowest BCUT2D eigenvalue weighted by molar-refractivity contribution is -0.385. The molecule has 144 valence electrons. The third-order valence-corrected chi connectivity index (χ3v) is 4.20. The second-order valence-corrected chi connectivity index (χ2v) is 6.12. The smallest absolute Gasteiger partial charge is 0.269 e. The minimum absolute atomic E-state index is 0.0783. The Morgan fingerprint density at radius 2 is 1.48 bits per heavy atom. The Kier molecular flexibility index (Phi) is 6.78. The molecule has 0 bridgehead atoms. The molecule has 1 aliphatic rings. The molecule has 27 heavy (non-hydrogen) atoms. The summed E-state index contributed by atoms with van der Waals surface area (Å²) in [5, 5.41) is 20.5. The lowest BCUT2D eigenvalue weighted by Gasteiger charge is -2.40. The normalized spacial score (nSPS) is 14.3. The molecule has 0 radical (unpaired) electrons. The molecular weight excluding hydrogens is 359 g/mol. The van der Waals surface area contributed by atoms with Gasteiger partial charge in [0.2, 0.25) is 0 Å². The fourth-order valence-corrected chi connectivity index (χ4v) is 2.24. The standard InChI is InChI=1S/C12H15NO4.C6H4FNO2/c1-2-12(7-16-8-12)9-17-11-5-3-10(4-6-11)13(14)15;7-5-1-3-6(4-2-5)8(9)10/h3-6H,2,7-9H2,1H3;1-4H.